The van der Waals surface area contributed by atoms with E-state index in [9.17, 15) is 4.79 Å². The van der Waals surface area contributed by atoms with Crippen molar-refractivity contribution in [2.75, 3.05) is 23.1 Å². The Balaban J connectivity index is 1.68. The third-order valence-corrected chi connectivity index (χ3v) is 5.08. The van der Waals surface area contributed by atoms with Gasteiger partial charge in [-0.1, -0.05) is 11.3 Å². The van der Waals surface area contributed by atoms with E-state index < -0.39 is 0 Å². The summed E-state index contributed by atoms with van der Waals surface area (Å²) in [7, 11) is 0. The fourth-order valence-electron chi connectivity index (χ4n) is 2.60. The minimum absolute atomic E-state index is 0.0430. The molecule has 3 aromatic rings. The van der Waals surface area contributed by atoms with Crippen LogP contribution in [0.4, 0.5) is 11.5 Å². The summed E-state index contributed by atoms with van der Waals surface area (Å²) in [4.78, 5) is 14.2. The number of nitrogens with zero attached hydrogens (tertiary/aromatic N) is 1. The van der Waals surface area contributed by atoms with Gasteiger partial charge in [0, 0.05) is 11.3 Å². The minimum Gasteiger partial charge on any atom is -0.366 e. The number of benzene rings is 1. The van der Waals surface area contributed by atoms with Crippen LogP contribution < -0.4 is 26.7 Å². The van der Waals surface area contributed by atoms with Crippen molar-refractivity contribution in [3.63, 3.8) is 0 Å². The van der Waals surface area contributed by atoms with Crippen molar-refractivity contribution in [1.29, 1.82) is 0 Å². The molecule has 3 heterocycles. The van der Waals surface area contributed by atoms with Crippen LogP contribution in [0.1, 0.15) is 11.7 Å². The van der Waals surface area contributed by atoms with Crippen LogP contribution in [0.2, 0.25) is 0 Å². The second-order valence-electron chi connectivity index (χ2n) is 5.00. The molecule has 0 saturated heterocycles. The van der Waals surface area contributed by atoms with Gasteiger partial charge in [0.2, 0.25) is 0 Å². The van der Waals surface area contributed by atoms with Crippen LogP contribution in [-0.2, 0) is 0 Å². The molecule has 0 radical (unpaired) electrons. The van der Waals surface area contributed by atoms with Gasteiger partial charge < -0.3 is 21.5 Å². The summed E-state index contributed by atoms with van der Waals surface area (Å²) in [6, 6.07) is 7.79. The fourth-order valence-corrected chi connectivity index (χ4v) is 3.80. The zero-order valence-corrected chi connectivity index (χ0v) is 13.7. The molecule has 22 heavy (non-hydrogen) atoms. The number of anilines is 2. The number of aromatic nitrogens is 2. The summed E-state index contributed by atoms with van der Waals surface area (Å²) in [5.74, 6) is 6.84. The van der Waals surface area contributed by atoms with Crippen LogP contribution >= 0.6 is 27.3 Å². The van der Waals surface area contributed by atoms with Gasteiger partial charge in [-0.15, -0.1) is 0 Å². The van der Waals surface area contributed by atoms with Crippen molar-refractivity contribution >= 4 is 49.0 Å². The average Bonchev–Trinajstić information content (AvgIpc) is 3.00. The molecule has 2 aromatic heterocycles. The number of hydrogen-bond donors (Lipinski definition) is 5. The van der Waals surface area contributed by atoms with E-state index in [4.69, 9.17) is 5.84 Å². The van der Waals surface area contributed by atoms with Gasteiger partial charge in [-0.05, 0) is 40.2 Å². The topological polar surface area (TPSA) is 99.9 Å². The number of nitrogens with one attached hydrogen (secondary N) is 4. The lowest BCUT2D eigenvalue weighted by Gasteiger charge is -2.27. The smallest absolute Gasteiger partial charge is 0.305 e. The number of nitrogen functional groups attached to an aromatic ring is 1. The van der Waals surface area contributed by atoms with Gasteiger partial charge in [0.1, 0.15) is 16.6 Å². The summed E-state index contributed by atoms with van der Waals surface area (Å²) in [6.07, 6.45) is -0.0644. The van der Waals surface area contributed by atoms with Gasteiger partial charge in [0.25, 0.3) is 0 Å². The van der Waals surface area contributed by atoms with Crippen molar-refractivity contribution < 1.29 is 0 Å². The SMILES string of the molecule is Nn1c(Br)cc2c1NCNC2Nc1ccc2[nH]c(=O)sc2c1. The number of aromatic amines is 1. The van der Waals surface area contributed by atoms with Crippen molar-refractivity contribution in [2.45, 2.75) is 6.17 Å². The maximum Gasteiger partial charge on any atom is 0.305 e. The molecule has 1 unspecified atom stereocenters. The maximum atomic E-state index is 11.4. The summed E-state index contributed by atoms with van der Waals surface area (Å²) < 4.78 is 3.31. The summed E-state index contributed by atoms with van der Waals surface area (Å²) in [5, 5.41) is 9.98. The monoisotopic (exact) mass is 380 g/mol. The Kier molecular flexibility index (Phi) is 3.13. The summed E-state index contributed by atoms with van der Waals surface area (Å²) >= 11 is 4.63. The first-order valence-corrected chi connectivity index (χ1v) is 8.25. The Morgan fingerprint density at radius 2 is 2.27 bits per heavy atom. The highest BCUT2D eigenvalue weighted by molar-refractivity contribution is 9.10. The Labute approximate surface area is 137 Å². The van der Waals surface area contributed by atoms with E-state index in [1.165, 1.54) is 11.3 Å². The molecule has 0 saturated carbocycles. The van der Waals surface area contributed by atoms with Gasteiger partial charge in [-0.3, -0.25) is 10.1 Å². The summed E-state index contributed by atoms with van der Waals surface area (Å²) in [6.45, 7) is 0.609. The lowest BCUT2D eigenvalue weighted by Crippen LogP contribution is -2.37. The van der Waals surface area contributed by atoms with E-state index in [0.717, 1.165) is 31.9 Å². The molecular weight excluding hydrogens is 368 g/mol. The number of fused-ring (bicyclic) bond motifs is 2. The number of hydrogen-bond acceptors (Lipinski definition) is 6. The molecule has 1 aromatic carbocycles. The van der Waals surface area contributed by atoms with E-state index in [2.05, 4.69) is 36.9 Å². The van der Waals surface area contributed by atoms with Crippen LogP contribution in [-0.4, -0.2) is 16.3 Å². The predicted octanol–water partition coefficient (Wildman–Crippen LogP) is 1.95. The van der Waals surface area contributed by atoms with Crippen LogP contribution in [0, 0.1) is 0 Å². The molecular formula is C13H13BrN6OS. The first kappa shape index (κ1) is 13.7. The number of thiazole rings is 1. The lowest BCUT2D eigenvalue weighted by molar-refractivity contribution is 0.593. The van der Waals surface area contributed by atoms with Crippen LogP contribution in [0.5, 0.6) is 0 Å². The van der Waals surface area contributed by atoms with E-state index in [-0.39, 0.29) is 11.0 Å². The normalized spacial score (nSPS) is 17.2. The van der Waals surface area contributed by atoms with E-state index >= 15 is 0 Å². The van der Waals surface area contributed by atoms with Crippen LogP contribution in [0.3, 0.4) is 0 Å². The number of nitrogens with two attached hydrogens (primary N) is 1. The summed E-state index contributed by atoms with van der Waals surface area (Å²) in [5.41, 5.74) is 2.83. The highest BCUT2D eigenvalue weighted by atomic mass is 79.9. The van der Waals surface area contributed by atoms with Gasteiger partial charge in [0.05, 0.1) is 16.9 Å². The predicted molar refractivity (Wildman–Crippen MR) is 92.7 cm³/mol. The van der Waals surface area contributed by atoms with Crippen molar-refractivity contribution in [1.82, 2.24) is 15.0 Å². The molecule has 1 atom stereocenters. The molecule has 9 heteroatoms. The zero-order chi connectivity index (χ0) is 15.3. The number of rotatable bonds is 2. The number of halogens is 1. The Morgan fingerprint density at radius 1 is 1.41 bits per heavy atom. The first-order valence-electron chi connectivity index (χ1n) is 6.65. The molecule has 7 nitrogen and oxygen atoms in total. The van der Waals surface area contributed by atoms with Crippen molar-refractivity contribution in [3.8, 4) is 0 Å². The van der Waals surface area contributed by atoms with Gasteiger partial charge in [-0.2, -0.15) is 0 Å². The fraction of sp³-hybridized carbons (Fsp3) is 0.154. The molecule has 4 rings (SSSR count). The van der Waals surface area contributed by atoms with Crippen LogP contribution in [0.15, 0.2) is 33.7 Å². The number of H-pyrrole nitrogens is 1. The molecule has 0 spiro atoms. The Morgan fingerprint density at radius 3 is 3.14 bits per heavy atom. The molecule has 114 valence electrons. The highest BCUT2D eigenvalue weighted by Crippen LogP contribution is 2.32. The standard InChI is InChI=1S/C13H13BrN6OS/c14-10-4-7-11(16-5-17-12(7)20(10)15)18-6-1-2-8-9(3-6)22-13(21)19-8/h1-4,11,16-18H,5,15H2,(H,19,21). The highest BCUT2D eigenvalue weighted by Gasteiger charge is 2.24. The lowest BCUT2D eigenvalue weighted by atomic mass is 10.2. The largest absolute Gasteiger partial charge is 0.366 e. The van der Waals surface area contributed by atoms with E-state index in [1.807, 2.05) is 24.3 Å². The molecule has 0 fully saturated rings. The maximum absolute atomic E-state index is 11.4. The van der Waals surface area contributed by atoms with Crippen LogP contribution in [0.25, 0.3) is 10.2 Å². The van der Waals surface area contributed by atoms with Crippen molar-refractivity contribution in [3.05, 3.63) is 44.1 Å². The van der Waals surface area contributed by atoms with Crippen molar-refractivity contribution in [2.24, 2.45) is 0 Å². The first-order chi connectivity index (χ1) is 10.6. The van der Waals surface area contributed by atoms with Gasteiger partial charge in [-0.25, -0.2) is 4.68 Å². The Hall–Kier alpha value is -1.97. The molecule has 0 aliphatic carbocycles. The molecule has 6 N–H and O–H groups in total. The minimum atomic E-state index is -0.0644. The quantitative estimate of drug-likeness (QED) is 0.437. The molecule has 1 aliphatic rings. The molecule has 1 aliphatic heterocycles. The van der Waals surface area contributed by atoms with E-state index in [0.29, 0.717) is 6.67 Å². The van der Waals surface area contributed by atoms with Gasteiger partial charge in [0.15, 0.2) is 0 Å². The van der Waals surface area contributed by atoms with Gasteiger partial charge >= 0.3 is 4.87 Å². The third kappa shape index (κ3) is 2.18. The second kappa shape index (κ2) is 5.04. The third-order valence-electron chi connectivity index (χ3n) is 3.62. The van der Waals surface area contributed by atoms with E-state index in [1.54, 1.807) is 4.68 Å². The molecule has 0 amide bonds. The zero-order valence-electron chi connectivity index (χ0n) is 11.3. The average molecular weight is 381 g/mol. The second-order valence-corrected chi connectivity index (χ2v) is 6.83. The Bertz CT molecular complexity index is 913. The molecule has 0 bridgehead atoms.